The Bertz CT molecular complexity index is 881. The average molecular weight is 402 g/mol. The summed E-state index contributed by atoms with van der Waals surface area (Å²) in [4.78, 5) is 13.5. The molecule has 1 aromatic heterocycles. The SMILES string of the molecule is CCOc1ccccc1NC(=O)Cn1nnc(-c2ccccc2Br)n1. The van der Waals surface area contributed by atoms with Gasteiger partial charge in [0.05, 0.1) is 12.3 Å². The second-order valence-electron chi connectivity index (χ2n) is 5.10. The van der Waals surface area contributed by atoms with Gasteiger partial charge in [0.25, 0.3) is 0 Å². The molecule has 0 bridgehead atoms. The summed E-state index contributed by atoms with van der Waals surface area (Å²) >= 11 is 3.45. The van der Waals surface area contributed by atoms with Crippen molar-refractivity contribution in [1.82, 2.24) is 20.2 Å². The Kier molecular flexibility index (Phi) is 5.39. The quantitative estimate of drug-likeness (QED) is 0.685. The number of carbonyl (C=O) groups excluding carboxylic acids is 1. The molecule has 1 heterocycles. The number of amides is 1. The summed E-state index contributed by atoms with van der Waals surface area (Å²) < 4.78 is 6.36. The van der Waals surface area contributed by atoms with E-state index in [2.05, 4.69) is 36.7 Å². The Morgan fingerprint density at radius 2 is 1.96 bits per heavy atom. The van der Waals surface area contributed by atoms with Gasteiger partial charge in [-0.25, -0.2) is 0 Å². The number of tetrazole rings is 1. The van der Waals surface area contributed by atoms with E-state index in [0.717, 1.165) is 10.0 Å². The molecule has 3 rings (SSSR count). The summed E-state index contributed by atoms with van der Waals surface area (Å²) in [6, 6.07) is 14.8. The predicted octanol–water partition coefficient (Wildman–Crippen LogP) is 3.14. The Hall–Kier alpha value is -2.74. The number of hydrogen-bond acceptors (Lipinski definition) is 5. The summed E-state index contributed by atoms with van der Waals surface area (Å²) in [5, 5.41) is 15.0. The topological polar surface area (TPSA) is 81.9 Å². The molecule has 0 radical (unpaired) electrons. The second-order valence-corrected chi connectivity index (χ2v) is 5.95. The first kappa shape index (κ1) is 17.1. The summed E-state index contributed by atoms with van der Waals surface area (Å²) in [6.45, 7) is 2.37. The standard InChI is InChI=1S/C17H16BrN5O2/c1-2-25-15-10-6-5-9-14(15)19-16(24)11-23-21-17(20-22-23)12-7-3-4-8-13(12)18/h3-10H,2,11H2,1H3,(H,19,24). The van der Waals surface area contributed by atoms with E-state index in [0.29, 0.717) is 23.9 Å². The number of nitrogens with one attached hydrogen (secondary N) is 1. The van der Waals surface area contributed by atoms with Crippen molar-refractivity contribution in [2.75, 3.05) is 11.9 Å². The molecule has 0 saturated carbocycles. The molecule has 2 aromatic carbocycles. The lowest BCUT2D eigenvalue weighted by Crippen LogP contribution is -2.20. The van der Waals surface area contributed by atoms with Gasteiger partial charge in [-0.15, -0.1) is 10.2 Å². The molecule has 0 aliphatic carbocycles. The maximum absolute atomic E-state index is 12.2. The lowest BCUT2D eigenvalue weighted by atomic mass is 10.2. The zero-order chi connectivity index (χ0) is 17.6. The first-order valence-corrected chi connectivity index (χ1v) is 8.51. The molecular weight excluding hydrogens is 386 g/mol. The number of benzene rings is 2. The number of nitrogens with zero attached hydrogens (tertiary/aromatic N) is 4. The number of ether oxygens (including phenoxy) is 1. The number of anilines is 1. The summed E-state index contributed by atoms with van der Waals surface area (Å²) in [5.41, 5.74) is 1.43. The van der Waals surface area contributed by atoms with Crippen molar-refractivity contribution in [3.8, 4) is 17.1 Å². The lowest BCUT2D eigenvalue weighted by Gasteiger charge is -2.10. The summed E-state index contributed by atoms with van der Waals surface area (Å²) in [5.74, 6) is 0.817. The van der Waals surface area contributed by atoms with Gasteiger partial charge in [0, 0.05) is 10.0 Å². The first-order chi connectivity index (χ1) is 12.2. The van der Waals surface area contributed by atoms with Gasteiger partial charge in [-0.1, -0.05) is 40.2 Å². The molecule has 25 heavy (non-hydrogen) atoms. The van der Waals surface area contributed by atoms with Gasteiger partial charge in [0.15, 0.2) is 0 Å². The van der Waals surface area contributed by atoms with Crippen LogP contribution in [0.5, 0.6) is 5.75 Å². The van der Waals surface area contributed by atoms with E-state index in [1.807, 2.05) is 43.3 Å². The highest BCUT2D eigenvalue weighted by molar-refractivity contribution is 9.10. The predicted molar refractivity (Wildman–Crippen MR) is 97.2 cm³/mol. The van der Waals surface area contributed by atoms with Crippen molar-refractivity contribution in [3.05, 3.63) is 53.0 Å². The van der Waals surface area contributed by atoms with Crippen LogP contribution < -0.4 is 10.1 Å². The zero-order valence-corrected chi connectivity index (χ0v) is 15.1. The van der Waals surface area contributed by atoms with E-state index in [1.165, 1.54) is 4.80 Å². The van der Waals surface area contributed by atoms with E-state index >= 15 is 0 Å². The maximum atomic E-state index is 12.2. The van der Waals surface area contributed by atoms with Crippen LogP contribution in [0.2, 0.25) is 0 Å². The van der Waals surface area contributed by atoms with Crippen LogP contribution in [0.1, 0.15) is 6.92 Å². The molecule has 0 atom stereocenters. The van der Waals surface area contributed by atoms with Crippen molar-refractivity contribution in [1.29, 1.82) is 0 Å². The van der Waals surface area contributed by atoms with E-state index < -0.39 is 0 Å². The van der Waals surface area contributed by atoms with Crippen LogP contribution in [0.25, 0.3) is 11.4 Å². The van der Waals surface area contributed by atoms with Gasteiger partial charge in [0.1, 0.15) is 12.3 Å². The molecule has 1 N–H and O–H groups in total. The van der Waals surface area contributed by atoms with E-state index in [9.17, 15) is 4.79 Å². The highest BCUT2D eigenvalue weighted by Crippen LogP contribution is 2.25. The highest BCUT2D eigenvalue weighted by Gasteiger charge is 2.12. The van der Waals surface area contributed by atoms with Gasteiger partial charge < -0.3 is 10.1 Å². The number of aromatic nitrogens is 4. The third kappa shape index (κ3) is 4.21. The van der Waals surface area contributed by atoms with Crippen molar-refractivity contribution in [2.24, 2.45) is 0 Å². The van der Waals surface area contributed by atoms with Crippen molar-refractivity contribution < 1.29 is 9.53 Å². The molecule has 0 saturated heterocycles. The second kappa shape index (κ2) is 7.89. The van der Waals surface area contributed by atoms with Gasteiger partial charge in [-0.3, -0.25) is 4.79 Å². The third-order valence-corrected chi connectivity index (χ3v) is 4.01. The molecule has 1 amide bonds. The first-order valence-electron chi connectivity index (χ1n) is 7.71. The van der Waals surface area contributed by atoms with Crippen LogP contribution in [0.4, 0.5) is 5.69 Å². The minimum absolute atomic E-state index is 0.0437. The summed E-state index contributed by atoms with van der Waals surface area (Å²) in [7, 11) is 0. The van der Waals surface area contributed by atoms with Crippen molar-refractivity contribution in [3.63, 3.8) is 0 Å². The van der Waals surface area contributed by atoms with Gasteiger partial charge in [-0.05, 0) is 36.4 Å². The molecule has 0 aliphatic heterocycles. The fraction of sp³-hybridized carbons (Fsp3) is 0.176. The van der Waals surface area contributed by atoms with Crippen LogP contribution in [0, 0.1) is 0 Å². The minimum atomic E-state index is -0.261. The molecule has 7 nitrogen and oxygen atoms in total. The summed E-state index contributed by atoms with van der Waals surface area (Å²) in [6.07, 6.45) is 0. The number of rotatable bonds is 6. The van der Waals surface area contributed by atoms with Crippen LogP contribution >= 0.6 is 15.9 Å². The molecule has 0 unspecified atom stereocenters. The highest BCUT2D eigenvalue weighted by atomic mass is 79.9. The van der Waals surface area contributed by atoms with E-state index in [4.69, 9.17) is 4.74 Å². The van der Waals surface area contributed by atoms with Crippen LogP contribution in [0.3, 0.4) is 0 Å². The fourth-order valence-corrected chi connectivity index (χ4v) is 2.69. The number of hydrogen-bond donors (Lipinski definition) is 1. The number of carbonyl (C=O) groups is 1. The molecule has 8 heteroatoms. The monoisotopic (exact) mass is 401 g/mol. The minimum Gasteiger partial charge on any atom is -0.492 e. The van der Waals surface area contributed by atoms with E-state index in [1.54, 1.807) is 12.1 Å². The van der Waals surface area contributed by atoms with Crippen LogP contribution in [-0.4, -0.2) is 32.7 Å². The Morgan fingerprint density at radius 3 is 2.76 bits per heavy atom. The van der Waals surface area contributed by atoms with Crippen LogP contribution in [0.15, 0.2) is 53.0 Å². The van der Waals surface area contributed by atoms with Crippen LogP contribution in [-0.2, 0) is 11.3 Å². The van der Waals surface area contributed by atoms with Crippen molar-refractivity contribution in [2.45, 2.75) is 13.5 Å². The Morgan fingerprint density at radius 1 is 1.20 bits per heavy atom. The van der Waals surface area contributed by atoms with Gasteiger partial charge >= 0.3 is 0 Å². The number of para-hydroxylation sites is 2. The molecule has 0 fully saturated rings. The Labute approximate surface area is 153 Å². The Balaban J connectivity index is 1.69. The maximum Gasteiger partial charge on any atom is 0.248 e. The van der Waals surface area contributed by atoms with E-state index in [-0.39, 0.29) is 12.5 Å². The average Bonchev–Trinajstić information content (AvgIpc) is 3.05. The lowest BCUT2D eigenvalue weighted by molar-refractivity contribution is -0.117. The molecule has 0 aliphatic rings. The molecular formula is C17H16BrN5O2. The molecule has 128 valence electrons. The largest absolute Gasteiger partial charge is 0.492 e. The zero-order valence-electron chi connectivity index (χ0n) is 13.5. The normalized spacial score (nSPS) is 10.5. The van der Waals surface area contributed by atoms with Gasteiger partial charge in [-0.2, -0.15) is 4.80 Å². The molecule has 0 spiro atoms. The third-order valence-electron chi connectivity index (χ3n) is 3.31. The number of halogens is 1. The fourth-order valence-electron chi connectivity index (χ4n) is 2.23. The van der Waals surface area contributed by atoms with Crippen molar-refractivity contribution >= 4 is 27.5 Å². The van der Waals surface area contributed by atoms with Gasteiger partial charge in [0.2, 0.25) is 11.7 Å². The molecule has 3 aromatic rings. The smallest absolute Gasteiger partial charge is 0.248 e.